The number of carbonyl (C=O) groups excluding carboxylic acids is 2. The fourth-order valence-electron chi connectivity index (χ4n) is 4.20. The van der Waals surface area contributed by atoms with Gasteiger partial charge in [0, 0.05) is 40.0 Å². The highest BCUT2D eigenvalue weighted by Crippen LogP contribution is 2.21. The topological polar surface area (TPSA) is 132 Å². The van der Waals surface area contributed by atoms with Gasteiger partial charge in [0.25, 0.3) is 11.8 Å². The molecule has 0 fully saturated rings. The van der Waals surface area contributed by atoms with E-state index in [1.807, 2.05) is 36.4 Å². The van der Waals surface area contributed by atoms with Crippen LogP contribution >= 0.6 is 12.4 Å². The minimum Gasteiger partial charge on any atom is -0.493 e. The molecule has 0 saturated carbocycles. The van der Waals surface area contributed by atoms with Gasteiger partial charge in [0.15, 0.2) is 6.10 Å². The molecule has 2 aromatic carbocycles. The number of amides is 2. The molecule has 2 aromatic rings. The number of halogens is 1. The molecule has 5 N–H and O–H groups in total. The summed E-state index contributed by atoms with van der Waals surface area (Å²) in [6.07, 6.45) is 0.463. The zero-order valence-corrected chi connectivity index (χ0v) is 24.8. The highest BCUT2D eigenvalue weighted by molar-refractivity contribution is 5.96. The Balaban J connectivity index is 0.00000800. The molecule has 9 nitrogen and oxygen atoms in total. The SMILES string of the molecule is COCCCCOc1ccccc1C(=O)NCC(CC(N)C(O)CNC(=O)[C@H](OC)c1ccccc1)C(C)C.Cl. The summed E-state index contributed by atoms with van der Waals surface area (Å²) in [7, 11) is 3.13. The number of methoxy groups -OCH3 is 2. The third-order valence-electron chi connectivity index (χ3n) is 6.73. The number of ether oxygens (including phenoxy) is 3. The molecule has 0 spiro atoms. The van der Waals surface area contributed by atoms with Crippen molar-refractivity contribution in [1.82, 2.24) is 10.6 Å². The highest BCUT2D eigenvalue weighted by atomic mass is 35.5. The van der Waals surface area contributed by atoms with Gasteiger partial charge in [-0.15, -0.1) is 12.4 Å². The molecule has 0 aliphatic heterocycles. The van der Waals surface area contributed by atoms with Crippen LogP contribution in [0.5, 0.6) is 5.75 Å². The van der Waals surface area contributed by atoms with Crippen molar-refractivity contribution in [2.75, 3.05) is 40.5 Å². The largest absolute Gasteiger partial charge is 0.493 e. The second-order valence-corrected chi connectivity index (χ2v) is 10.00. The summed E-state index contributed by atoms with van der Waals surface area (Å²) in [6, 6.07) is 15.7. The van der Waals surface area contributed by atoms with Crippen molar-refractivity contribution in [3.63, 3.8) is 0 Å². The Bertz CT molecular complexity index is 994. The van der Waals surface area contributed by atoms with Gasteiger partial charge in [-0.25, -0.2) is 0 Å². The standard InChI is InChI=1S/C30H45N3O6.ClH/c1-21(2)23(19-32-29(35)24-14-8-9-15-27(24)39-17-11-10-16-37-3)18-25(31)26(34)20-33-30(36)28(38-4)22-12-6-5-7-13-22;/h5-9,12-15,21,23,25-26,28,34H,10-11,16-20,31H2,1-4H3,(H,32,35)(H,33,36);1H/t23?,25?,26?,28-;/m1./s1. The number of rotatable bonds is 18. The van der Waals surface area contributed by atoms with Gasteiger partial charge in [-0.1, -0.05) is 56.3 Å². The number of aliphatic hydroxyl groups excluding tert-OH is 1. The average molecular weight is 580 g/mol. The summed E-state index contributed by atoms with van der Waals surface area (Å²) in [4.78, 5) is 25.6. The predicted octanol–water partition coefficient (Wildman–Crippen LogP) is 3.50. The molecule has 0 radical (unpaired) electrons. The van der Waals surface area contributed by atoms with Crippen LogP contribution < -0.4 is 21.1 Å². The molecular formula is C30H46ClN3O6. The Morgan fingerprint density at radius 3 is 2.23 bits per heavy atom. The number of hydrogen-bond donors (Lipinski definition) is 4. The zero-order valence-electron chi connectivity index (χ0n) is 24.0. The lowest BCUT2D eigenvalue weighted by atomic mass is 9.87. The Morgan fingerprint density at radius 2 is 1.57 bits per heavy atom. The number of nitrogens with one attached hydrogen (secondary N) is 2. The molecule has 2 rings (SSSR count). The Labute approximate surface area is 244 Å². The van der Waals surface area contributed by atoms with Crippen LogP contribution in [0.4, 0.5) is 0 Å². The molecule has 4 atom stereocenters. The number of aliphatic hydroxyl groups is 1. The third-order valence-corrected chi connectivity index (χ3v) is 6.73. The van der Waals surface area contributed by atoms with E-state index in [-0.39, 0.29) is 42.6 Å². The van der Waals surface area contributed by atoms with E-state index < -0.39 is 18.2 Å². The summed E-state index contributed by atoms with van der Waals surface area (Å²) in [5.41, 5.74) is 7.52. The number of benzene rings is 2. The number of hydrogen-bond acceptors (Lipinski definition) is 7. The molecule has 0 heterocycles. The van der Waals surface area contributed by atoms with E-state index in [1.54, 1.807) is 25.3 Å². The molecular weight excluding hydrogens is 534 g/mol. The van der Waals surface area contributed by atoms with Crippen molar-refractivity contribution in [2.45, 2.75) is 51.4 Å². The van der Waals surface area contributed by atoms with Crippen LogP contribution in [-0.4, -0.2) is 69.6 Å². The minimum atomic E-state index is -0.952. The molecule has 0 saturated heterocycles. The van der Waals surface area contributed by atoms with Gasteiger partial charge in [0.05, 0.1) is 18.3 Å². The normalized spacial score (nSPS) is 14.0. The van der Waals surface area contributed by atoms with Gasteiger partial charge in [0.1, 0.15) is 5.75 Å². The van der Waals surface area contributed by atoms with Gasteiger partial charge in [-0.05, 0) is 48.8 Å². The van der Waals surface area contributed by atoms with Crippen LogP contribution in [0.2, 0.25) is 0 Å². The lowest BCUT2D eigenvalue weighted by Gasteiger charge is -2.28. The summed E-state index contributed by atoms with van der Waals surface area (Å²) in [6.45, 7) is 5.68. The van der Waals surface area contributed by atoms with E-state index in [9.17, 15) is 14.7 Å². The van der Waals surface area contributed by atoms with Crippen molar-refractivity contribution in [1.29, 1.82) is 0 Å². The Kier molecular flexibility index (Phi) is 17.1. The van der Waals surface area contributed by atoms with Crippen LogP contribution in [0, 0.1) is 11.8 Å². The highest BCUT2D eigenvalue weighted by Gasteiger charge is 2.25. The molecule has 0 aliphatic carbocycles. The fraction of sp³-hybridized carbons (Fsp3) is 0.533. The zero-order chi connectivity index (χ0) is 28.6. The van der Waals surface area contributed by atoms with E-state index in [0.29, 0.717) is 37.5 Å². The molecule has 40 heavy (non-hydrogen) atoms. The van der Waals surface area contributed by atoms with E-state index in [2.05, 4.69) is 24.5 Å². The summed E-state index contributed by atoms with van der Waals surface area (Å²) >= 11 is 0. The fourth-order valence-corrected chi connectivity index (χ4v) is 4.20. The second-order valence-electron chi connectivity index (χ2n) is 10.00. The quantitative estimate of drug-likeness (QED) is 0.199. The maximum atomic E-state index is 13.0. The lowest BCUT2D eigenvalue weighted by molar-refractivity contribution is -0.132. The van der Waals surface area contributed by atoms with Crippen LogP contribution in [0.25, 0.3) is 0 Å². The molecule has 224 valence electrons. The maximum Gasteiger partial charge on any atom is 0.255 e. The average Bonchev–Trinajstić information content (AvgIpc) is 2.94. The molecule has 3 unspecified atom stereocenters. The van der Waals surface area contributed by atoms with Crippen LogP contribution in [-0.2, 0) is 14.3 Å². The predicted molar refractivity (Wildman–Crippen MR) is 159 cm³/mol. The van der Waals surface area contributed by atoms with Crippen LogP contribution in [0.1, 0.15) is 55.1 Å². The van der Waals surface area contributed by atoms with E-state index in [4.69, 9.17) is 19.9 Å². The van der Waals surface area contributed by atoms with Gasteiger partial charge < -0.3 is 35.7 Å². The number of nitrogens with two attached hydrogens (primary N) is 1. The van der Waals surface area contributed by atoms with Crippen molar-refractivity contribution in [2.24, 2.45) is 17.6 Å². The first-order valence-electron chi connectivity index (χ1n) is 13.6. The summed E-state index contributed by atoms with van der Waals surface area (Å²) < 4.78 is 16.2. The summed E-state index contributed by atoms with van der Waals surface area (Å²) in [5, 5.41) is 16.4. The van der Waals surface area contributed by atoms with Crippen molar-refractivity contribution in [3.8, 4) is 5.75 Å². The van der Waals surface area contributed by atoms with Crippen LogP contribution in [0.15, 0.2) is 54.6 Å². The summed E-state index contributed by atoms with van der Waals surface area (Å²) in [5.74, 6) is 0.207. The lowest BCUT2D eigenvalue weighted by Crippen LogP contribution is -2.46. The van der Waals surface area contributed by atoms with Gasteiger partial charge in [-0.3, -0.25) is 9.59 Å². The first kappa shape index (κ1) is 35.3. The maximum absolute atomic E-state index is 13.0. The Hall–Kier alpha value is -2.69. The number of carbonyl (C=O) groups is 2. The molecule has 0 aliphatic rings. The molecule has 0 bridgehead atoms. The smallest absolute Gasteiger partial charge is 0.255 e. The van der Waals surface area contributed by atoms with Gasteiger partial charge in [0.2, 0.25) is 0 Å². The van der Waals surface area contributed by atoms with Crippen LogP contribution in [0.3, 0.4) is 0 Å². The minimum absolute atomic E-state index is 0. The van der Waals surface area contributed by atoms with Gasteiger partial charge >= 0.3 is 0 Å². The second kappa shape index (κ2) is 19.4. The molecule has 0 aromatic heterocycles. The molecule has 2 amide bonds. The molecule has 10 heteroatoms. The number of unbranched alkanes of at least 4 members (excludes halogenated alkanes) is 1. The van der Waals surface area contributed by atoms with Crippen molar-refractivity contribution >= 4 is 24.2 Å². The van der Waals surface area contributed by atoms with E-state index >= 15 is 0 Å². The first-order valence-corrected chi connectivity index (χ1v) is 13.6. The first-order chi connectivity index (χ1) is 18.8. The number of para-hydroxylation sites is 1. The van der Waals surface area contributed by atoms with Crippen molar-refractivity contribution < 1.29 is 28.9 Å². The van der Waals surface area contributed by atoms with E-state index in [0.717, 1.165) is 18.4 Å². The monoisotopic (exact) mass is 579 g/mol. The van der Waals surface area contributed by atoms with Gasteiger partial charge in [-0.2, -0.15) is 0 Å². The third kappa shape index (κ3) is 11.8. The van der Waals surface area contributed by atoms with Crippen molar-refractivity contribution in [3.05, 3.63) is 65.7 Å². The Morgan fingerprint density at radius 1 is 0.925 bits per heavy atom. The van der Waals surface area contributed by atoms with E-state index in [1.165, 1.54) is 7.11 Å².